The van der Waals surface area contributed by atoms with Crippen molar-refractivity contribution < 1.29 is 4.74 Å². The first-order chi connectivity index (χ1) is 8.93. The molecule has 94 valence electrons. The number of fused-ring (bicyclic) bond motifs is 1. The van der Waals surface area contributed by atoms with E-state index in [0.717, 1.165) is 31.9 Å². The molecule has 1 aromatic heterocycles. The van der Waals surface area contributed by atoms with Gasteiger partial charge in [-0.1, -0.05) is 18.2 Å². The van der Waals surface area contributed by atoms with Crippen molar-refractivity contribution >= 4 is 11.3 Å². The van der Waals surface area contributed by atoms with Crippen LogP contribution in [0.1, 0.15) is 22.8 Å². The molecule has 0 radical (unpaired) electrons. The maximum Gasteiger partial charge on any atom is 0.122 e. The lowest BCUT2D eigenvalue weighted by Gasteiger charge is -2.26. The van der Waals surface area contributed by atoms with Crippen LogP contribution >= 0.6 is 11.3 Å². The van der Waals surface area contributed by atoms with E-state index in [2.05, 4.69) is 28.5 Å². The number of hydrogen-bond acceptors (Lipinski definition) is 4. The van der Waals surface area contributed by atoms with E-state index in [1.54, 1.807) is 11.3 Å². The second-order valence-electron chi connectivity index (χ2n) is 4.47. The SMILES string of the molecule is c1ccc2c(c1)OCCC2CNCc1cncs1. The van der Waals surface area contributed by atoms with Crippen LogP contribution in [0.2, 0.25) is 0 Å². The Bertz CT molecular complexity index is 498. The molecule has 0 saturated carbocycles. The highest BCUT2D eigenvalue weighted by Crippen LogP contribution is 2.32. The topological polar surface area (TPSA) is 34.1 Å². The Morgan fingerprint density at radius 2 is 2.33 bits per heavy atom. The summed E-state index contributed by atoms with van der Waals surface area (Å²) in [5, 5.41) is 3.51. The van der Waals surface area contributed by atoms with Crippen LogP contribution in [-0.2, 0) is 6.54 Å². The fourth-order valence-corrected chi connectivity index (χ4v) is 2.89. The number of ether oxygens (including phenoxy) is 1. The molecule has 1 aromatic carbocycles. The molecular weight excluding hydrogens is 244 g/mol. The molecule has 4 heteroatoms. The molecule has 1 atom stereocenters. The van der Waals surface area contributed by atoms with Crippen molar-refractivity contribution in [1.82, 2.24) is 10.3 Å². The fourth-order valence-electron chi connectivity index (χ4n) is 2.33. The minimum atomic E-state index is 0.558. The smallest absolute Gasteiger partial charge is 0.122 e. The molecule has 1 aliphatic rings. The van der Waals surface area contributed by atoms with E-state index in [9.17, 15) is 0 Å². The minimum absolute atomic E-state index is 0.558. The Kier molecular flexibility index (Phi) is 3.57. The van der Waals surface area contributed by atoms with Gasteiger partial charge in [0.05, 0.1) is 12.1 Å². The molecule has 2 heterocycles. The zero-order valence-electron chi connectivity index (χ0n) is 10.1. The highest BCUT2D eigenvalue weighted by atomic mass is 32.1. The van der Waals surface area contributed by atoms with Crippen LogP contribution < -0.4 is 10.1 Å². The average molecular weight is 260 g/mol. The Balaban J connectivity index is 1.60. The van der Waals surface area contributed by atoms with Gasteiger partial charge < -0.3 is 10.1 Å². The largest absolute Gasteiger partial charge is 0.493 e. The van der Waals surface area contributed by atoms with Crippen molar-refractivity contribution in [2.45, 2.75) is 18.9 Å². The van der Waals surface area contributed by atoms with E-state index in [-0.39, 0.29) is 0 Å². The molecule has 3 nitrogen and oxygen atoms in total. The lowest BCUT2D eigenvalue weighted by molar-refractivity contribution is 0.264. The molecule has 1 aliphatic heterocycles. The van der Waals surface area contributed by atoms with E-state index in [4.69, 9.17) is 4.74 Å². The molecule has 1 N–H and O–H groups in total. The van der Waals surface area contributed by atoms with Gasteiger partial charge in [0.2, 0.25) is 0 Å². The summed E-state index contributed by atoms with van der Waals surface area (Å²) in [6.07, 6.45) is 3.02. The number of aromatic nitrogens is 1. The number of nitrogens with one attached hydrogen (secondary N) is 1. The van der Waals surface area contributed by atoms with E-state index in [1.165, 1.54) is 10.4 Å². The summed E-state index contributed by atoms with van der Waals surface area (Å²) in [6, 6.07) is 8.36. The van der Waals surface area contributed by atoms with Gasteiger partial charge in [-0.3, -0.25) is 4.98 Å². The number of thiazole rings is 1. The first-order valence-corrected chi connectivity index (χ1v) is 7.11. The summed E-state index contributed by atoms with van der Waals surface area (Å²) in [5.41, 5.74) is 3.21. The maximum atomic E-state index is 5.67. The Hall–Kier alpha value is -1.39. The van der Waals surface area contributed by atoms with Crippen LogP contribution in [0.25, 0.3) is 0 Å². The van der Waals surface area contributed by atoms with Crippen molar-refractivity contribution in [3.05, 3.63) is 46.4 Å². The lowest BCUT2D eigenvalue weighted by Crippen LogP contribution is -2.25. The normalized spacial score (nSPS) is 18.1. The molecular formula is C14H16N2OS. The van der Waals surface area contributed by atoms with Crippen LogP contribution in [0.15, 0.2) is 36.0 Å². The van der Waals surface area contributed by atoms with Gasteiger partial charge in [0.25, 0.3) is 0 Å². The van der Waals surface area contributed by atoms with Gasteiger partial charge in [-0.05, 0) is 18.1 Å². The van der Waals surface area contributed by atoms with Crippen molar-refractivity contribution in [3.63, 3.8) is 0 Å². The summed E-state index contributed by atoms with van der Waals surface area (Å²) in [5.74, 6) is 1.61. The number of rotatable bonds is 4. The van der Waals surface area contributed by atoms with Crippen molar-refractivity contribution in [2.24, 2.45) is 0 Å². The van der Waals surface area contributed by atoms with Gasteiger partial charge in [-0.15, -0.1) is 11.3 Å². The number of benzene rings is 1. The van der Waals surface area contributed by atoms with Crippen molar-refractivity contribution in [2.75, 3.05) is 13.2 Å². The number of hydrogen-bond donors (Lipinski definition) is 1. The van der Waals surface area contributed by atoms with Crippen LogP contribution in [0.3, 0.4) is 0 Å². The Morgan fingerprint density at radius 3 is 3.22 bits per heavy atom. The van der Waals surface area contributed by atoms with Gasteiger partial charge in [0.1, 0.15) is 5.75 Å². The highest BCUT2D eigenvalue weighted by Gasteiger charge is 2.20. The molecule has 0 spiro atoms. The third-order valence-corrected chi connectivity index (χ3v) is 4.04. The standard InChI is InChI=1S/C14H16N2OS/c1-2-4-14-13(3-1)11(5-6-17-14)7-15-8-12-9-16-10-18-12/h1-4,9-11,15H,5-8H2. The molecule has 1 unspecified atom stereocenters. The molecule has 3 rings (SSSR count). The Labute approximate surface area is 111 Å². The van der Waals surface area contributed by atoms with Crippen LogP contribution in [0.4, 0.5) is 0 Å². The second kappa shape index (κ2) is 5.50. The zero-order valence-corrected chi connectivity index (χ0v) is 11.0. The molecule has 0 saturated heterocycles. The van der Waals surface area contributed by atoms with Crippen LogP contribution in [-0.4, -0.2) is 18.1 Å². The Morgan fingerprint density at radius 1 is 1.39 bits per heavy atom. The van der Waals surface area contributed by atoms with Crippen molar-refractivity contribution in [1.29, 1.82) is 0 Å². The first kappa shape index (κ1) is 11.7. The molecule has 0 amide bonds. The van der Waals surface area contributed by atoms with Gasteiger partial charge in [0.15, 0.2) is 0 Å². The quantitative estimate of drug-likeness (QED) is 0.918. The first-order valence-electron chi connectivity index (χ1n) is 6.23. The lowest BCUT2D eigenvalue weighted by atomic mass is 9.93. The minimum Gasteiger partial charge on any atom is -0.493 e. The summed E-state index contributed by atoms with van der Waals surface area (Å²) in [7, 11) is 0. The summed E-state index contributed by atoms with van der Waals surface area (Å²) in [4.78, 5) is 5.37. The number of para-hydroxylation sites is 1. The summed E-state index contributed by atoms with van der Waals surface area (Å²) < 4.78 is 5.67. The molecule has 18 heavy (non-hydrogen) atoms. The monoisotopic (exact) mass is 260 g/mol. The van der Waals surface area contributed by atoms with E-state index >= 15 is 0 Å². The van der Waals surface area contributed by atoms with E-state index in [0.29, 0.717) is 5.92 Å². The highest BCUT2D eigenvalue weighted by molar-refractivity contribution is 7.09. The predicted molar refractivity (Wildman–Crippen MR) is 73.1 cm³/mol. The summed E-state index contributed by atoms with van der Waals surface area (Å²) in [6.45, 7) is 2.73. The third-order valence-electron chi connectivity index (χ3n) is 3.26. The maximum absolute atomic E-state index is 5.67. The predicted octanol–water partition coefficient (Wildman–Crippen LogP) is 2.80. The molecule has 0 aliphatic carbocycles. The third kappa shape index (κ3) is 2.54. The van der Waals surface area contributed by atoms with Crippen LogP contribution in [0, 0.1) is 0 Å². The average Bonchev–Trinajstić information content (AvgIpc) is 2.92. The second-order valence-corrected chi connectivity index (χ2v) is 5.44. The zero-order chi connectivity index (χ0) is 12.2. The van der Waals surface area contributed by atoms with E-state index < -0.39 is 0 Å². The molecule has 2 aromatic rings. The van der Waals surface area contributed by atoms with Gasteiger partial charge >= 0.3 is 0 Å². The molecule has 0 fully saturated rings. The van der Waals surface area contributed by atoms with Gasteiger partial charge in [0, 0.05) is 30.1 Å². The van der Waals surface area contributed by atoms with Gasteiger partial charge in [-0.2, -0.15) is 0 Å². The fraction of sp³-hybridized carbons (Fsp3) is 0.357. The van der Waals surface area contributed by atoms with Crippen molar-refractivity contribution in [3.8, 4) is 5.75 Å². The number of nitrogens with zero attached hydrogens (tertiary/aromatic N) is 1. The van der Waals surface area contributed by atoms with Gasteiger partial charge in [-0.25, -0.2) is 0 Å². The van der Waals surface area contributed by atoms with E-state index in [1.807, 2.05) is 17.8 Å². The molecule has 0 bridgehead atoms. The summed E-state index contributed by atoms with van der Waals surface area (Å²) >= 11 is 1.70. The van der Waals surface area contributed by atoms with Crippen LogP contribution in [0.5, 0.6) is 5.75 Å².